The summed E-state index contributed by atoms with van der Waals surface area (Å²) in [5, 5.41) is 15.2. The minimum absolute atomic E-state index is 0.0260. The Morgan fingerprint density at radius 3 is 2.38 bits per heavy atom. The quantitative estimate of drug-likeness (QED) is 0.467. The summed E-state index contributed by atoms with van der Waals surface area (Å²) in [6.45, 7) is 2.31. The van der Waals surface area contributed by atoms with E-state index in [1.54, 1.807) is 0 Å². The fraction of sp³-hybridized carbons (Fsp3) is 0.476. The standard InChI is InChI=1S/C21H25F3N4O4/c1-4-5-10-32-12-15-17-18(25-20(31-3)26-19(17)30-2)28(27-15)16(11-29)13-6-8-14(9-7-13)21(22,23)24/h6-9,16,29H,4-5,10-12H2,1-3H3. The van der Waals surface area contributed by atoms with Gasteiger partial charge in [0.05, 0.1) is 33.0 Å². The summed E-state index contributed by atoms with van der Waals surface area (Å²) in [7, 11) is 2.84. The number of hydrogen-bond acceptors (Lipinski definition) is 7. The molecule has 3 rings (SSSR count). The Morgan fingerprint density at radius 1 is 1.09 bits per heavy atom. The molecule has 3 aromatic rings. The number of benzene rings is 1. The molecule has 0 amide bonds. The van der Waals surface area contributed by atoms with Crippen LogP contribution >= 0.6 is 0 Å². The number of aromatic nitrogens is 4. The van der Waals surface area contributed by atoms with E-state index in [-0.39, 0.29) is 18.5 Å². The maximum absolute atomic E-state index is 13.0. The van der Waals surface area contributed by atoms with Gasteiger partial charge >= 0.3 is 12.2 Å². The average Bonchev–Trinajstić information content (AvgIpc) is 3.14. The number of nitrogens with zero attached hydrogens (tertiary/aromatic N) is 4. The zero-order chi connectivity index (χ0) is 23.3. The summed E-state index contributed by atoms with van der Waals surface area (Å²) in [4.78, 5) is 8.56. The van der Waals surface area contributed by atoms with E-state index in [9.17, 15) is 18.3 Å². The van der Waals surface area contributed by atoms with Crippen LogP contribution in [0.15, 0.2) is 24.3 Å². The molecule has 8 nitrogen and oxygen atoms in total. The van der Waals surface area contributed by atoms with Crippen LogP contribution in [0.5, 0.6) is 11.9 Å². The molecule has 1 unspecified atom stereocenters. The van der Waals surface area contributed by atoms with E-state index in [0.29, 0.717) is 28.9 Å². The molecule has 0 aliphatic rings. The number of ether oxygens (including phenoxy) is 3. The van der Waals surface area contributed by atoms with Crippen molar-refractivity contribution in [1.29, 1.82) is 0 Å². The van der Waals surface area contributed by atoms with Crippen molar-refractivity contribution in [3.05, 3.63) is 41.1 Å². The van der Waals surface area contributed by atoms with Crippen LogP contribution in [0.4, 0.5) is 13.2 Å². The normalized spacial score (nSPS) is 12.8. The van der Waals surface area contributed by atoms with Crippen molar-refractivity contribution in [1.82, 2.24) is 19.7 Å². The van der Waals surface area contributed by atoms with Crippen molar-refractivity contribution in [3.63, 3.8) is 0 Å². The third-order valence-electron chi connectivity index (χ3n) is 4.92. The summed E-state index contributed by atoms with van der Waals surface area (Å²) in [6, 6.07) is 3.78. The second-order valence-corrected chi connectivity index (χ2v) is 7.03. The molecule has 2 heterocycles. The monoisotopic (exact) mass is 454 g/mol. The Bertz CT molecular complexity index is 1040. The van der Waals surface area contributed by atoms with Gasteiger partial charge in [-0.2, -0.15) is 28.2 Å². The van der Waals surface area contributed by atoms with Crippen molar-refractivity contribution in [2.45, 2.75) is 38.6 Å². The minimum Gasteiger partial charge on any atom is -0.480 e. The smallest absolute Gasteiger partial charge is 0.416 e. The van der Waals surface area contributed by atoms with Gasteiger partial charge in [0.1, 0.15) is 17.1 Å². The van der Waals surface area contributed by atoms with Crippen LogP contribution in [0.3, 0.4) is 0 Å². The Balaban J connectivity index is 2.10. The van der Waals surface area contributed by atoms with Crippen molar-refractivity contribution < 1.29 is 32.5 Å². The van der Waals surface area contributed by atoms with Crippen LogP contribution in [-0.4, -0.2) is 52.3 Å². The average molecular weight is 454 g/mol. The molecule has 0 radical (unpaired) electrons. The fourth-order valence-corrected chi connectivity index (χ4v) is 3.25. The topological polar surface area (TPSA) is 91.5 Å². The molecule has 0 spiro atoms. The zero-order valence-corrected chi connectivity index (χ0v) is 18.0. The van der Waals surface area contributed by atoms with Crippen molar-refractivity contribution in [3.8, 4) is 11.9 Å². The third-order valence-corrected chi connectivity index (χ3v) is 4.92. The number of halogens is 3. The molecule has 0 bridgehead atoms. The molecular weight excluding hydrogens is 429 g/mol. The van der Waals surface area contributed by atoms with Crippen LogP contribution in [0.25, 0.3) is 11.0 Å². The van der Waals surface area contributed by atoms with Gasteiger partial charge in [0.25, 0.3) is 0 Å². The van der Waals surface area contributed by atoms with E-state index in [0.717, 1.165) is 25.0 Å². The van der Waals surface area contributed by atoms with Gasteiger partial charge in [-0.3, -0.25) is 0 Å². The summed E-state index contributed by atoms with van der Waals surface area (Å²) in [5.41, 5.74) is 0.446. The largest absolute Gasteiger partial charge is 0.480 e. The number of aliphatic hydroxyl groups excluding tert-OH is 1. The molecule has 32 heavy (non-hydrogen) atoms. The second-order valence-electron chi connectivity index (χ2n) is 7.03. The summed E-state index contributed by atoms with van der Waals surface area (Å²) in [5.74, 6) is 0.219. The third kappa shape index (κ3) is 4.94. The maximum Gasteiger partial charge on any atom is 0.416 e. The first-order chi connectivity index (χ1) is 15.3. The van der Waals surface area contributed by atoms with Crippen molar-refractivity contribution in [2.75, 3.05) is 27.4 Å². The van der Waals surface area contributed by atoms with Gasteiger partial charge in [0.15, 0.2) is 5.65 Å². The lowest BCUT2D eigenvalue weighted by Crippen LogP contribution is -2.17. The Morgan fingerprint density at radius 2 is 1.81 bits per heavy atom. The molecule has 0 aliphatic heterocycles. The number of methoxy groups -OCH3 is 2. The van der Waals surface area contributed by atoms with Crippen LogP contribution < -0.4 is 9.47 Å². The molecule has 1 aromatic carbocycles. The highest BCUT2D eigenvalue weighted by Gasteiger charge is 2.31. The number of fused-ring (bicyclic) bond motifs is 1. The minimum atomic E-state index is -4.46. The molecule has 1 N–H and O–H groups in total. The van der Waals surface area contributed by atoms with Gasteiger partial charge in [-0.25, -0.2) is 4.68 Å². The summed E-state index contributed by atoms with van der Waals surface area (Å²) < 4.78 is 56.5. The molecule has 174 valence electrons. The highest BCUT2D eigenvalue weighted by molar-refractivity contribution is 5.84. The number of aliphatic hydroxyl groups is 1. The number of unbranched alkanes of at least 4 members (excludes halogenated alkanes) is 1. The Kier molecular flexibility index (Phi) is 7.52. The lowest BCUT2D eigenvalue weighted by atomic mass is 10.1. The maximum atomic E-state index is 13.0. The van der Waals surface area contributed by atoms with Gasteiger partial charge in [-0.1, -0.05) is 25.5 Å². The molecule has 2 aromatic heterocycles. The van der Waals surface area contributed by atoms with Crippen molar-refractivity contribution >= 4 is 11.0 Å². The van der Waals surface area contributed by atoms with Gasteiger partial charge in [0, 0.05) is 6.61 Å². The van der Waals surface area contributed by atoms with Gasteiger partial charge < -0.3 is 19.3 Å². The molecule has 1 atom stereocenters. The first kappa shape index (κ1) is 23.7. The van der Waals surface area contributed by atoms with E-state index in [2.05, 4.69) is 15.1 Å². The Hall–Kier alpha value is -2.92. The van der Waals surface area contributed by atoms with E-state index in [4.69, 9.17) is 14.2 Å². The molecule has 0 saturated carbocycles. The summed E-state index contributed by atoms with van der Waals surface area (Å²) >= 11 is 0. The van der Waals surface area contributed by atoms with E-state index < -0.39 is 24.4 Å². The Labute approximate surface area is 182 Å². The van der Waals surface area contributed by atoms with E-state index >= 15 is 0 Å². The second kappa shape index (κ2) is 10.1. The first-order valence-corrected chi connectivity index (χ1v) is 10.1. The molecule has 0 aliphatic carbocycles. The van der Waals surface area contributed by atoms with Gasteiger partial charge in [0.2, 0.25) is 5.88 Å². The number of rotatable bonds is 10. The molecular formula is C21H25F3N4O4. The van der Waals surface area contributed by atoms with Crippen molar-refractivity contribution in [2.24, 2.45) is 0 Å². The lowest BCUT2D eigenvalue weighted by Gasteiger charge is -2.17. The SMILES string of the molecule is CCCCOCc1nn(C(CO)c2ccc(C(F)(F)F)cc2)c2nc(OC)nc(OC)c12. The van der Waals surface area contributed by atoms with E-state index in [1.165, 1.54) is 31.0 Å². The van der Waals surface area contributed by atoms with Crippen LogP contribution in [0.2, 0.25) is 0 Å². The van der Waals surface area contributed by atoms with Crippen LogP contribution in [0, 0.1) is 0 Å². The van der Waals surface area contributed by atoms with E-state index in [1.807, 2.05) is 6.92 Å². The summed E-state index contributed by atoms with van der Waals surface area (Å²) in [6.07, 6.45) is -2.60. The predicted molar refractivity (Wildman–Crippen MR) is 110 cm³/mol. The highest BCUT2D eigenvalue weighted by atomic mass is 19.4. The molecule has 0 saturated heterocycles. The van der Waals surface area contributed by atoms with Gasteiger partial charge in [-0.05, 0) is 24.1 Å². The number of alkyl halides is 3. The zero-order valence-electron chi connectivity index (χ0n) is 18.0. The van der Waals surface area contributed by atoms with Crippen LogP contribution in [0.1, 0.15) is 42.6 Å². The molecule has 11 heteroatoms. The highest BCUT2D eigenvalue weighted by Crippen LogP contribution is 2.34. The van der Waals surface area contributed by atoms with Gasteiger partial charge in [-0.15, -0.1) is 0 Å². The lowest BCUT2D eigenvalue weighted by molar-refractivity contribution is -0.137. The predicted octanol–water partition coefficient (Wildman–Crippen LogP) is 3.76. The first-order valence-electron chi connectivity index (χ1n) is 10.1. The molecule has 0 fully saturated rings. The van der Waals surface area contributed by atoms with Crippen LogP contribution in [-0.2, 0) is 17.5 Å². The number of hydrogen-bond donors (Lipinski definition) is 1. The fourth-order valence-electron chi connectivity index (χ4n) is 3.25.